The van der Waals surface area contributed by atoms with Gasteiger partial charge in [-0.2, -0.15) is 0 Å². The molecule has 2 aromatic heterocycles. The molecule has 1 fully saturated rings. The van der Waals surface area contributed by atoms with E-state index in [0.717, 1.165) is 24.1 Å². The van der Waals surface area contributed by atoms with Crippen molar-refractivity contribution in [3.8, 4) is 0 Å². The third kappa shape index (κ3) is 3.58. The van der Waals surface area contributed by atoms with E-state index in [0.29, 0.717) is 16.3 Å². The van der Waals surface area contributed by atoms with E-state index < -0.39 is 0 Å². The van der Waals surface area contributed by atoms with E-state index in [2.05, 4.69) is 31.4 Å². The first-order chi connectivity index (χ1) is 11.1. The number of halogens is 2. The van der Waals surface area contributed by atoms with Gasteiger partial charge in [0.1, 0.15) is 5.15 Å². The van der Waals surface area contributed by atoms with E-state index in [9.17, 15) is 4.79 Å². The maximum atomic E-state index is 12.4. The molecule has 1 aliphatic rings. The number of hydrogen-bond acceptors (Lipinski definition) is 4. The molecular formula is C16H17BrClN3O2. The molecule has 0 saturated heterocycles. The van der Waals surface area contributed by atoms with Crippen LogP contribution in [0.4, 0.5) is 5.88 Å². The number of carbonyl (C=O) groups excluding carboxylic acids is 1. The van der Waals surface area contributed by atoms with E-state index in [1.807, 2.05) is 6.92 Å². The Labute approximate surface area is 147 Å². The highest BCUT2D eigenvalue weighted by Crippen LogP contribution is 2.35. The number of amides is 1. The standard InChI is InChI=1S/C16H17BrClN3O2/c1-9-13(10-5-3-2-4-6-10)21-23-16(9)20-15(22)12-7-11(17)8-19-14(12)18/h7-8,10H,2-6H2,1H3,(H,20,22). The Hall–Kier alpha value is -1.40. The second-order valence-electron chi connectivity index (χ2n) is 5.80. The topological polar surface area (TPSA) is 68.0 Å². The van der Waals surface area contributed by atoms with Gasteiger partial charge in [0.25, 0.3) is 5.91 Å². The zero-order valence-corrected chi connectivity index (χ0v) is 15.1. The molecule has 1 amide bonds. The van der Waals surface area contributed by atoms with E-state index in [1.54, 1.807) is 12.3 Å². The molecule has 0 aromatic carbocycles. The smallest absolute Gasteiger partial charge is 0.261 e. The molecule has 0 unspecified atom stereocenters. The highest BCUT2D eigenvalue weighted by atomic mass is 79.9. The summed E-state index contributed by atoms with van der Waals surface area (Å²) in [6.07, 6.45) is 7.52. The molecule has 122 valence electrons. The summed E-state index contributed by atoms with van der Waals surface area (Å²) in [5.74, 6) is 0.444. The van der Waals surface area contributed by atoms with Crippen LogP contribution in [-0.2, 0) is 0 Å². The van der Waals surface area contributed by atoms with Crippen LogP contribution >= 0.6 is 27.5 Å². The summed E-state index contributed by atoms with van der Waals surface area (Å²) in [6, 6.07) is 1.62. The van der Waals surface area contributed by atoms with E-state index >= 15 is 0 Å². The Morgan fingerprint density at radius 2 is 2.13 bits per heavy atom. The predicted octanol–water partition coefficient (Wildman–Crippen LogP) is 5.09. The van der Waals surface area contributed by atoms with Crippen molar-refractivity contribution >= 4 is 39.3 Å². The first kappa shape index (κ1) is 16.5. The second kappa shape index (κ2) is 7.01. The number of anilines is 1. The first-order valence-electron chi connectivity index (χ1n) is 7.65. The highest BCUT2D eigenvalue weighted by molar-refractivity contribution is 9.10. The van der Waals surface area contributed by atoms with E-state index in [-0.39, 0.29) is 16.6 Å². The minimum Gasteiger partial charge on any atom is -0.338 e. The van der Waals surface area contributed by atoms with Gasteiger partial charge in [-0.05, 0) is 41.8 Å². The molecule has 1 aliphatic carbocycles. The Bertz CT molecular complexity index is 726. The van der Waals surface area contributed by atoms with Gasteiger partial charge in [0.15, 0.2) is 0 Å². The molecular weight excluding hydrogens is 382 g/mol. The van der Waals surface area contributed by atoms with Gasteiger partial charge < -0.3 is 4.52 Å². The van der Waals surface area contributed by atoms with Gasteiger partial charge in [0, 0.05) is 22.2 Å². The highest BCUT2D eigenvalue weighted by Gasteiger charge is 2.24. The van der Waals surface area contributed by atoms with Crippen molar-refractivity contribution in [3.63, 3.8) is 0 Å². The number of nitrogens with zero attached hydrogens (tertiary/aromatic N) is 2. The van der Waals surface area contributed by atoms with Crippen LogP contribution in [0, 0.1) is 6.92 Å². The van der Waals surface area contributed by atoms with Crippen molar-refractivity contribution in [1.29, 1.82) is 0 Å². The van der Waals surface area contributed by atoms with Gasteiger partial charge in [-0.3, -0.25) is 10.1 Å². The summed E-state index contributed by atoms with van der Waals surface area (Å²) in [4.78, 5) is 16.3. The van der Waals surface area contributed by atoms with Gasteiger partial charge in [0.05, 0.1) is 11.3 Å². The lowest BCUT2D eigenvalue weighted by Crippen LogP contribution is -2.13. The fourth-order valence-electron chi connectivity index (χ4n) is 2.97. The number of hydrogen-bond donors (Lipinski definition) is 1. The maximum absolute atomic E-state index is 12.4. The van der Waals surface area contributed by atoms with Gasteiger partial charge in [-0.25, -0.2) is 4.98 Å². The molecule has 2 heterocycles. The zero-order chi connectivity index (χ0) is 16.4. The number of pyridine rings is 1. The molecule has 7 heteroatoms. The minimum atomic E-state index is -0.363. The van der Waals surface area contributed by atoms with Crippen molar-refractivity contribution in [3.05, 3.63) is 38.7 Å². The Kier molecular flexibility index (Phi) is 5.02. The third-order valence-electron chi connectivity index (χ3n) is 4.23. The van der Waals surface area contributed by atoms with Crippen LogP contribution in [0.3, 0.4) is 0 Å². The molecule has 23 heavy (non-hydrogen) atoms. The Morgan fingerprint density at radius 3 is 2.87 bits per heavy atom. The van der Waals surface area contributed by atoms with E-state index in [4.69, 9.17) is 16.1 Å². The fraction of sp³-hybridized carbons (Fsp3) is 0.438. The maximum Gasteiger partial charge on any atom is 0.261 e. The summed E-state index contributed by atoms with van der Waals surface area (Å²) in [6.45, 7) is 1.93. The average molecular weight is 399 g/mol. The fourth-order valence-corrected chi connectivity index (χ4v) is 3.49. The number of carbonyl (C=O) groups is 1. The molecule has 1 N–H and O–H groups in total. The normalized spacial score (nSPS) is 15.6. The van der Waals surface area contributed by atoms with Crippen LogP contribution in [0.15, 0.2) is 21.3 Å². The first-order valence-corrected chi connectivity index (χ1v) is 8.82. The van der Waals surface area contributed by atoms with Crippen LogP contribution in [0.2, 0.25) is 5.15 Å². The van der Waals surface area contributed by atoms with Gasteiger partial charge >= 0.3 is 0 Å². The van der Waals surface area contributed by atoms with Gasteiger partial charge in [-0.15, -0.1) is 0 Å². The summed E-state index contributed by atoms with van der Waals surface area (Å²) in [5, 5.41) is 7.07. The predicted molar refractivity (Wildman–Crippen MR) is 92.0 cm³/mol. The molecule has 2 aromatic rings. The SMILES string of the molecule is Cc1c(C2CCCCC2)noc1NC(=O)c1cc(Br)cnc1Cl. The van der Waals surface area contributed by atoms with Crippen LogP contribution in [-0.4, -0.2) is 16.0 Å². The van der Waals surface area contributed by atoms with Crippen molar-refractivity contribution in [2.24, 2.45) is 0 Å². The summed E-state index contributed by atoms with van der Waals surface area (Å²) in [7, 11) is 0. The van der Waals surface area contributed by atoms with Crippen molar-refractivity contribution < 1.29 is 9.32 Å². The molecule has 3 rings (SSSR count). The Morgan fingerprint density at radius 1 is 1.39 bits per heavy atom. The molecule has 5 nitrogen and oxygen atoms in total. The lowest BCUT2D eigenvalue weighted by molar-refractivity contribution is 0.102. The number of nitrogens with one attached hydrogen (secondary N) is 1. The number of aromatic nitrogens is 2. The quantitative estimate of drug-likeness (QED) is 0.731. The average Bonchev–Trinajstić information content (AvgIpc) is 2.91. The van der Waals surface area contributed by atoms with Crippen LogP contribution in [0.5, 0.6) is 0 Å². The molecule has 1 saturated carbocycles. The molecule has 0 bridgehead atoms. The van der Waals surface area contributed by atoms with Gasteiger partial charge in [-0.1, -0.05) is 36.0 Å². The van der Waals surface area contributed by atoms with Crippen molar-refractivity contribution in [2.45, 2.75) is 44.9 Å². The molecule has 0 radical (unpaired) electrons. The zero-order valence-electron chi connectivity index (χ0n) is 12.7. The third-order valence-corrected chi connectivity index (χ3v) is 4.96. The summed E-state index contributed by atoms with van der Waals surface area (Å²) in [5.41, 5.74) is 2.14. The lowest BCUT2D eigenvalue weighted by Gasteiger charge is -2.19. The van der Waals surface area contributed by atoms with Gasteiger partial charge in [0.2, 0.25) is 5.88 Å². The van der Waals surface area contributed by atoms with E-state index in [1.165, 1.54) is 19.3 Å². The summed E-state index contributed by atoms with van der Waals surface area (Å²) >= 11 is 9.27. The molecule has 0 atom stereocenters. The monoisotopic (exact) mass is 397 g/mol. The number of rotatable bonds is 3. The van der Waals surface area contributed by atoms with Crippen LogP contribution in [0.1, 0.15) is 59.6 Å². The minimum absolute atomic E-state index is 0.148. The van der Waals surface area contributed by atoms with Crippen LogP contribution < -0.4 is 5.32 Å². The molecule has 0 spiro atoms. The Balaban J connectivity index is 1.79. The largest absolute Gasteiger partial charge is 0.338 e. The second-order valence-corrected chi connectivity index (χ2v) is 7.08. The summed E-state index contributed by atoms with van der Waals surface area (Å²) < 4.78 is 6.04. The molecule has 0 aliphatic heterocycles. The van der Waals surface area contributed by atoms with Crippen molar-refractivity contribution in [2.75, 3.05) is 5.32 Å². The van der Waals surface area contributed by atoms with Crippen molar-refractivity contribution in [1.82, 2.24) is 10.1 Å². The van der Waals surface area contributed by atoms with Crippen LogP contribution in [0.25, 0.3) is 0 Å². The lowest BCUT2D eigenvalue weighted by atomic mass is 9.86.